The molecule has 1 amide bonds. The van der Waals surface area contributed by atoms with Gasteiger partial charge in [-0.25, -0.2) is 0 Å². The number of nitro groups is 1. The first-order valence-electron chi connectivity index (χ1n) is 9.50. The van der Waals surface area contributed by atoms with Crippen LogP contribution in [0.4, 0.5) is 5.69 Å². The van der Waals surface area contributed by atoms with E-state index < -0.39 is 13.2 Å². The highest BCUT2D eigenvalue weighted by Gasteiger charge is 2.36. The van der Waals surface area contributed by atoms with Gasteiger partial charge in [0.25, 0.3) is 11.6 Å². The third kappa shape index (κ3) is 6.90. The van der Waals surface area contributed by atoms with Gasteiger partial charge in [-0.1, -0.05) is 55.7 Å². The molecule has 0 saturated carbocycles. The second kappa shape index (κ2) is 10.6. The third-order valence-electron chi connectivity index (χ3n) is 4.98. The summed E-state index contributed by atoms with van der Waals surface area (Å²) < 4.78 is 6.42. The first kappa shape index (κ1) is 26.1. The SMILES string of the molecule is CC(C)(C)[Si](C)(C)OCCCNC(=O)c1cc([N+](=O)[O-])c(Sc2c(Cl)cncc2Cl)s1. The van der Waals surface area contributed by atoms with Crippen LogP contribution in [0.3, 0.4) is 0 Å². The molecule has 0 radical (unpaired) electrons. The normalized spacial score (nSPS) is 12.1. The lowest BCUT2D eigenvalue weighted by Gasteiger charge is -2.36. The van der Waals surface area contributed by atoms with Gasteiger partial charge in [0.1, 0.15) is 9.09 Å². The molecule has 12 heteroatoms. The predicted octanol–water partition coefficient (Wildman–Crippen LogP) is 6.65. The number of carbonyl (C=O) groups is 1. The Bertz CT molecular complexity index is 944. The lowest BCUT2D eigenvalue weighted by molar-refractivity contribution is -0.387. The van der Waals surface area contributed by atoms with Crippen LogP contribution in [0, 0.1) is 10.1 Å². The van der Waals surface area contributed by atoms with Crippen molar-refractivity contribution in [3.8, 4) is 0 Å². The second-order valence-electron chi connectivity index (χ2n) is 8.29. The maximum absolute atomic E-state index is 12.5. The largest absolute Gasteiger partial charge is 0.417 e. The first-order valence-corrected chi connectivity index (χ1v) is 14.8. The number of aromatic nitrogens is 1. The Morgan fingerprint density at radius 1 is 1.32 bits per heavy atom. The molecule has 2 aromatic heterocycles. The van der Waals surface area contributed by atoms with E-state index in [1.807, 2.05) is 0 Å². The summed E-state index contributed by atoms with van der Waals surface area (Å²) in [5, 5.41) is 15.0. The van der Waals surface area contributed by atoms with E-state index in [2.05, 4.69) is 44.2 Å². The Hall–Kier alpha value is -1.17. The monoisotopic (exact) mass is 521 g/mol. The van der Waals surface area contributed by atoms with E-state index in [1.54, 1.807) is 0 Å². The molecule has 1 N–H and O–H groups in total. The van der Waals surface area contributed by atoms with Gasteiger partial charge >= 0.3 is 0 Å². The minimum Gasteiger partial charge on any atom is -0.417 e. The lowest BCUT2D eigenvalue weighted by Crippen LogP contribution is -2.41. The van der Waals surface area contributed by atoms with Crippen molar-refractivity contribution in [2.75, 3.05) is 13.2 Å². The highest BCUT2D eigenvalue weighted by atomic mass is 35.5. The summed E-state index contributed by atoms with van der Waals surface area (Å²) in [6.07, 6.45) is 3.49. The van der Waals surface area contributed by atoms with E-state index in [-0.39, 0.29) is 31.6 Å². The van der Waals surface area contributed by atoms with E-state index in [9.17, 15) is 14.9 Å². The van der Waals surface area contributed by atoms with Crippen LogP contribution in [0.25, 0.3) is 0 Å². The average Bonchev–Trinajstić information content (AvgIpc) is 3.08. The van der Waals surface area contributed by atoms with E-state index in [0.717, 1.165) is 23.1 Å². The standard InChI is InChI=1S/C19H25Cl2N3O4S2Si/c1-19(2,3)31(4,5)28-8-6-7-23-17(25)15-9-14(24(26)27)18(29-15)30-16-12(20)10-22-11-13(16)21/h9-11H,6-8H2,1-5H3,(H,23,25). The molecule has 0 unspecified atom stereocenters. The zero-order chi connectivity index (χ0) is 23.4. The Kier molecular flexibility index (Phi) is 8.94. The summed E-state index contributed by atoms with van der Waals surface area (Å²) >= 11 is 14.3. The molecule has 0 spiro atoms. The number of nitrogens with one attached hydrogen (secondary N) is 1. The smallest absolute Gasteiger partial charge is 0.294 e. The summed E-state index contributed by atoms with van der Waals surface area (Å²) in [5.74, 6) is -0.362. The number of hydrogen-bond donors (Lipinski definition) is 1. The lowest BCUT2D eigenvalue weighted by atomic mass is 10.2. The molecule has 0 aromatic carbocycles. The van der Waals surface area contributed by atoms with Crippen molar-refractivity contribution in [2.45, 2.75) is 54.4 Å². The van der Waals surface area contributed by atoms with Crippen LogP contribution in [0.1, 0.15) is 36.9 Å². The van der Waals surface area contributed by atoms with E-state index in [0.29, 0.717) is 28.7 Å². The van der Waals surface area contributed by atoms with Gasteiger partial charge in [-0.2, -0.15) is 0 Å². The summed E-state index contributed by atoms with van der Waals surface area (Å²) in [6.45, 7) is 11.9. The highest BCUT2D eigenvalue weighted by Crippen LogP contribution is 2.45. The number of carbonyl (C=O) groups excluding carboxylic acids is 1. The van der Waals surface area contributed by atoms with Gasteiger partial charge in [0.15, 0.2) is 8.32 Å². The maximum atomic E-state index is 12.5. The molecular weight excluding hydrogens is 497 g/mol. The molecule has 0 saturated heterocycles. The van der Waals surface area contributed by atoms with Gasteiger partial charge in [-0.05, 0) is 24.6 Å². The van der Waals surface area contributed by atoms with Crippen molar-refractivity contribution in [1.82, 2.24) is 10.3 Å². The minimum absolute atomic E-state index is 0.126. The minimum atomic E-state index is -1.82. The maximum Gasteiger partial charge on any atom is 0.294 e. The predicted molar refractivity (Wildman–Crippen MR) is 129 cm³/mol. The molecule has 2 rings (SSSR count). The third-order valence-corrected chi connectivity index (χ3v) is 12.8. The number of rotatable bonds is 9. The fraction of sp³-hybridized carbons (Fsp3) is 0.474. The number of pyridine rings is 1. The number of amides is 1. The first-order chi connectivity index (χ1) is 14.3. The van der Waals surface area contributed by atoms with Crippen LogP contribution in [-0.4, -0.2) is 37.3 Å². The molecule has 170 valence electrons. The number of halogens is 2. The molecule has 0 atom stereocenters. The molecule has 2 heterocycles. The molecule has 2 aromatic rings. The van der Waals surface area contributed by atoms with Crippen molar-refractivity contribution < 1.29 is 14.1 Å². The van der Waals surface area contributed by atoms with Crippen LogP contribution >= 0.6 is 46.3 Å². The van der Waals surface area contributed by atoms with Crippen LogP contribution in [0.5, 0.6) is 0 Å². The van der Waals surface area contributed by atoms with Crippen molar-refractivity contribution in [2.24, 2.45) is 0 Å². The van der Waals surface area contributed by atoms with Crippen molar-refractivity contribution in [3.05, 3.63) is 43.5 Å². The van der Waals surface area contributed by atoms with Crippen LogP contribution < -0.4 is 5.32 Å². The number of hydrogen-bond acceptors (Lipinski definition) is 7. The van der Waals surface area contributed by atoms with Gasteiger partial charge in [-0.15, -0.1) is 11.3 Å². The summed E-state index contributed by atoms with van der Waals surface area (Å²) in [7, 11) is -1.82. The van der Waals surface area contributed by atoms with Gasteiger partial charge < -0.3 is 9.74 Å². The van der Waals surface area contributed by atoms with Gasteiger partial charge in [0.2, 0.25) is 0 Å². The molecule has 7 nitrogen and oxygen atoms in total. The molecular formula is C19H25Cl2N3O4S2Si. The molecule has 0 aliphatic rings. The Morgan fingerprint density at radius 2 is 1.94 bits per heavy atom. The summed E-state index contributed by atoms with van der Waals surface area (Å²) in [5.41, 5.74) is -0.162. The Labute approximate surface area is 201 Å². The van der Waals surface area contributed by atoms with Crippen LogP contribution in [0.2, 0.25) is 28.2 Å². The van der Waals surface area contributed by atoms with Gasteiger partial charge in [0, 0.05) is 31.6 Å². The number of thiophene rings is 1. The molecule has 0 bridgehead atoms. The zero-order valence-corrected chi connectivity index (χ0v) is 22.1. The highest BCUT2D eigenvalue weighted by molar-refractivity contribution is 8.01. The van der Waals surface area contributed by atoms with Gasteiger partial charge in [-0.3, -0.25) is 19.9 Å². The van der Waals surface area contributed by atoms with Gasteiger partial charge in [0.05, 0.1) is 19.9 Å². The zero-order valence-electron chi connectivity index (χ0n) is 18.0. The Morgan fingerprint density at radius 3 is 2.48 bits per heavy atom. The fourth-order valence-electron chi connectivity index (χ4n) is 2.17. The molecule has 31 heavy (non-hydrogen) atoms. The number of nitrogens with zero attached hydrogens (tertiary/aromatic N) is 2. The molecule has 0 aliphatic carbocycles. The van der Waals surface area contributed by atoms with Crippen LogP contribution in [0.15, 0.2) is 27.6 Å². The van der Waals surface area contributed by atoms with E-state index >= 15 is 0 Å². The summed E-state index contributed by atoms with van der Waals surface area (Å²) in [6, 6.07) is 1.28. The fourth-order valence-corrected chi connectivity index (χ4v) is 6.04. The Balaban J connectivity index is 2.01. The topological polar surface area (TPSA) is 94.4 Å². The van der Waals surface area contributed by atoms with Crippen molar-refractivity contribution in [1.29, 1.82) is 0 Å². The quantitative estimate of drug-likeness (QED) is 0.171. The molecule has 0 aliphatic heterocycles. The van der Waals surface area contributed by atoms with Crippen LogP contribution in [-0.2, 0) is 4.43 Å². The summed E-state index contributed by atoms with van der Waals surface area (Å²) in [4.78, 5) is 28.0. The second-order valence-corrected chi connectivity index (χ2v) is 16.2. The van der Waals surface area contributed by atoms with E-state index in [4.69, 9.17) is 27.6 Å². The average molecular weight is 523 g/mol. The molecule has 0 fully saturated rings. The van der Waals surface area contributed by atoms with Crippen molar-refractivity contribution in [3.63, 3.8) is 0 Å². The van der Waals surface area contributed by atoms with Crippen molar-refractivity contribution >= 4 is 66.2 Å². The van der Waals surface area contributed by atoms with E-state index in [1.165, 1.54) is 18.5 Å².